The number of nitrogens with zero attached hydrogens (tertiary/aromatic N) is 1. The molecule has 22 heavy (non-hydrogen) atoms. The largest absolute Gasteiger partial charge is 0.478 e. The number of hydrogen-bond acceptors (Lipinski definition) is 2. The number of carbonyl (C=O) groups is 1. The average Bonchev–Trinajstić information content (AvgIpc) is 2.53. The Hall–Kier alpha value is -3.19. The summed E-state index contributed by atoms with van der Waals surface area (Å²) in [6.07, 6.45) is 0. The number of hydrogen-bond donors (Lipinski definition) is 1. The third-order valence-electron chi connectivity index (χ3n) is 3.54. The van der Waals surface area contributed by atoms with Gasteiger partial charge < -0.3 is 5.11 Å². The second-order valence-electron chi connectivity index (χ2n) is 4.82. The molecule has 0 saturated carbocycles. The van der Waals surface area contributed by atoms with Crippen molar-refractivity contribution in [2.45, 2.75) is 0 Å². The maximum Gasteiger partial charge on any atom is 0.335 e. The molecule has 0 aliphatic rings. The fourth-order valence-corrected chi connectivity index (χ4v) is 2.50. The molecule has 3 aromatic carbocycles. The predicted molar refractivity (Wildman–Crippen MR) is 81.0 cm³/mol. The number of aromatic carboxylic acids is 1. The number of nitriles is 1. The Morgan fingerprint density at radius 2 is 1.77 bits per heavy atom. The van der Waals surface area contributed by atoms with Crippen molar-refractivity contribution in [2.24, 2.45) is 0 Å². The highest BCUT2D eigenvalue weighted by Crippen LogP contribution is 2.32. The van der Waals surface area contributed by atoms with E-state index in [9.17, 15) is 14.4 Å². The van der Waals surface area contributed by atoms with Gasteiger partial charge in [0.05, 0.1) is 11.1 Å². The number of carboxylic acids is 1. The van der Waals surface area contributed by atoms with Crippen LogP contribution in [0.1, 0.15) is 15.9 Å². The number of halogens is 1. The minimum atomic E-state index is -1.03. The average molecular weight is 291 g/mol. The molecule has 0 atom stereocenters. The molecule has 0 heterocycles. The van der Waals surface area contributed by atoms with Crippen LogP contribution in [0, 0.1) is 17.1 Å². The van der Waals surface area contributed by atoms with Gasteiger partial charge in [-0.15, -0.1) is 0 Å². The molecule has 106 valence electrons. The van der Waals surface area contributed by atoms with Gasteiger partial charge in [-0.2, -0.15) is 5.26 Å². The molecule has 0 bridgehead atoms. The first-order chi connectivity index (χ1) is 10.6. The van der Waals surface area contributed by atoms with Gasteiger partial charge in [-0.05, 0) is 34.5 Å². The van der Waals surface area contributed by atoms with E-state index in [1.54, 1.807) is 30.3 Å². The molecule has 3 nitrogen and oxygen atoms in total. The Kier molecular flexibility index (Phi) is 3.32. The number of carboxylic acid groups (broad SMARTS) is 1. The summed E-state index contributed by atoms with van der Waals surface area (Å²) in [5.74, 6) is -1.62. The van der Waals surface area contributed by atoms with Gasteiger partial charge in [0.25, 0.3) is 0 Å². The van der Waals surface area contributed by atoms with E-state index in [2.05, 4.69) is 0 Å². The quantitative estimate of drug-likeness (QED) is 0.769. The zero-order valence-electron chi connectivity index (χ0n) is 11.4. The fraction of sp³-hybridized carbons (Fsp3) is 0. The second-order valence-corrected chi connectivity index (χ2v) is 4.82. The van der Waals surface area contributed by atoms with Crippen LogP contribution >= 0.6 is 0 Å². The lowest BCUT2D eigenvalue weighted by molar-refractivity contribution is 0.0697. The van der Waals surface area contributed by atoms with Gasteiger partial charge in [-0.1, -0.05) is 36.4 Å². The van der Waals surface area contributed by atoms with Crippen LogP contribution < -0.4 is 0 Å². The topological polar surface area (TPSA) is 61.1 Å². The maximum atomic E-state index is 13.8. The molecule has 0 aliphatic carbocycles. The third kappa shape index (κ3) is 2.19. The summed E-state index contributed by atoms with van der Waals surface area (Å²) in [7, 11) is 0. The van der Waals surface area contributed by atoms with E-state index in [1.165, 1.54) is 18.2 Å². The van der Waals surface area contributed by atoms with Gasteiger partial charge in [0, 0.05) is 5.56 Å². The van der Waals surface area contributed by atoms with Crippen molar-refractivity contribution >= 4 is 16.7 Å². The summed E-state index contributed by atoms with van der Waals surface area (Å²) in [4.78, 5) is 11.2. The van der Waals surface area contributed by atoms with Crippen molar-refractivity contribution in [3.05, 3.63) is 71.5 Å². The Morgan fingerprint density at radius 3 is 2.50 bits per heavy atom. The van der Waals surface area contributed by atoms with Crippen LogP contribution in [0.4, 0.5) is 4.39 Å². The van der Waals surface area contributed by atoms with Crippen molar-refractivity contribution < 1.29 is 14.3 Å². The molecule has 0 saturated heterocycles. The smallest absolute Gasteiger partial charge is 0.335 e. The fourth-order valence-electron chi connectivity index (χ4n) is 2.50. The van der Waals surface area contributed by atoms with Crippen LogP contribution in [0.5, 0.6) is 0 Å². The Bertz CT molecular complexity index is 941. The van der Waals surface area contributed by atoms with E-state index < -0.39 is 11.8 Å². The summed E-state index contributed by atoms with van der Waals surface area (Å²) < 4.78 is 13.8. The molecule has 0 spiro atoms. The molecular formula is C18H10FNO2. The lowest BCUT2D eigenvalue weighted by Crippen LogP contribution is -1.96. The lowest BCUT2D eigenvalue weighted by Gasteiger charge is -2.10. The highest BCUT2D eigenvalue weighted by Gasteiger charge is 2.13. The van der Waals surface area contributed by atoms with Crippen LogP contribution in [-0.4, -0.2) is 11.1 Å². The first kappa shape index (κ1) is 13.8. The SMILES string of the molecule is N#Cc1c(F)cccc1-c1cccc2ccc(C(=O)O)cc12. The van der Waals surface area contributed by atoms with Crippen molar-refractivity contribution in [2.75, 3.05) is 0 Å². The molecule has 0 amide bonds. The van der Waals surface area contributed by atoms with E-state index in [-0.39, 0.29) is 11.1 Å². The van der Waals surface area contributed by atoms with Crippen molar-refractivity contribution in [3.63, 3.8) is 0 Å². The standard InChI is InChI=1S/C18H10FNO2/c19-17-6-2-5-14(16(17)10-20)13-4-1-3-11-7-8-12(18(21)22)9-15(11)13/h1-9H,(H,21,22). The van der Waals surface area contributed by atoms with E-state index in [4.69, 9.17) is 5.11 Å². The zero-order valence-corrected chi connectivity index (χ0v) is 11.4. The molecular weight excluding hydrogens is 281 g/mol. The number of benzene rings is 3. The molecule has 0 aromatic heterocycles. The lowest BCUT2D eigenvalue weighted by atomic mass is 9.94. The third-order valence-corrected chi connectivity index (χ3v) is 3.54. The van der Waals surface area contributed by atoms with Gasteiger partial charge in [0.15, 0.2) is 0 Å². The van der Waals surface area contributed by atoms with E-state index in [0.29, 0.717) is 16.5 Å². The summed E-state index contributed by atoms with van der Waals surface area (Å²) >= 11 is 0. The van der Waals surface area contributed by atoms with Crippen molar-refractivity contribution in [3.8, 4) is 17.2 Å². The van der Waals surface area contributed by atoms with Crippen molar-refractivity contribution in [1.82, 2.24) is 0 Å². The Morgan fingerprint density at radius 1 is 1.05 bits per heavy atom. The van der Waals surface area contributed by atoms with Crippen LogP contribution in [0.15, 0.2) is 54.6 Å². The highest BCUT2D eigenvalue weighted by atomic mass is 19.1. The minimum Gasteiger partial charge on any atom is -0.478 e. The molecule has 3 rings (SSSR count). The van der Waals surface area contributed by atoms with E-state index in [1.807, 2.05) is 12.1 Å². The molecule has 3 aromatic rings. The van der Waals surface area contributed by atoms with Gasteiger partial charge in [-0.25, -0.2) is 9.18 Å². The molecule has 1 N–H and O–H groups in total. The molecule has 0 fully saturated rings. The van der Waals surface area contributed by atoms with Crippen LogP contribution in [-0.2, 0) is 0 Å². The summed E-state index contributed by atoms with van der Waals surface area (Å²) in [6, 6.07) is 16.4. The van der Waals surface area contributed by atoms with Crippen LogP contribution in [0.25, 0.3) is 21.9 Å². The normalized spacial score (nSPS) is 10.4. The van der Waals surface area contributed by atoms with Crippen LogP contribution in [0.3, 0.4) is 0 Å². The molecule has 0 unspecified atom stereocenters. The molecule has 4 heteroatoms. The van der Waals surface area contributed by atoms with Gasteiger partial charge in [-0.3, -0.25) is 0 Å². The molecule has 0 aliphatic heterocycles. The Labute approximate surface area is 125 Å². The maximum absolute atomic E-state index is 13.8. The summed E-state index contributed by atoms with van der Waals surface area (Å²) in [5, 5.41) is 19.8. The minimum absolute atomic E-state index is 0.0456. The van der Waals surface area contributed by atoms with Gasteiger partial charge in [0.2, 0.25) is 0 Å². The first-order valence-corrected chi connectivity index (χ1v) is 6.57. The second kappa shape index (κ2) is 5.30. The van der Waals surface area contributed by atoms with E-state index in [0.717, 1.165) is 5.39 Å². The number of rotatable bonds is 2. The highest BCUT2D eigenvalue weighted by molar-refractivity contribution is 6.02. The summed E-state index contributed by atoms with van der Waals surface area (Å²) in [5.41, 5.74) is 1.19. The first-order valence-electron chi connectivity index (χ1n) is 6.57. The van der Waals surface area contributed by atoms with Gasteiger partial charge in [0.1, 0.15) is 11.9 Å². The van der Waals surface area contributed by atoms with E-state index >= 15 is 0 Å². The van der Waals surface area contributed by atoms with Crippen molar-refractivity contribution in [1.29, 1.82) is 5.26 Å². The number of fused-ring (bicyclic) bond motifs is 1. The monoisotopic (exact) mass is 291 g/mol. The zero-order chi connectivity index (χ0) is 15.7. The van der Waals surface area contributed by atoms with Crippen LogP contribution in [0.2, 0.25) is 0 Å². The predicted octanol–water partition coefficient (Wildman–Crippen LogP) is 4.22. The molecule has 0 radical (unpaired) electrons. The Balaban J connectivity index is 2.37. The van der Waals surface area contributed by atoms with Gasteiger partial charge >= 0.3 is 5.97 Å². The summed E-state index contributed by atoms with van der Waals surface area (Å²) in [6.45, 7) is 0.